The second-order valence-corrected chi connectivity index (χ2v) is 13.5. The maximum atomic E-state index is 14.8. The van der Waals surface area contributed by atoms with Crippen molar-refractivity contribution >= 4 is 10.8 Å². The maximum absolute atomic E-state index is 14.8. The summed E-state index contributed by atoms with van der Waals surface area (Å²) in [4.78, 5) is 0.805. The summed E-state index contributed by atoms with van der Waals surface area (Å²) in [5, 5.41) is 10.2. The Hall–Kier alpha value is -3.68. The maximum Gasteiger partial charge on any atom is 0.160 e. The highest BCUT2D eigenvalue weighted by atomic mass is 32.2. The molecule has 1 aliphatic carbocycles. The molecule has 4 aromatic carbocycles. The Balaban J connectivity index is 1.29. The third-order valence-electron chi connectivity index (χ3n) is 9.15. The van der Waals surface area contributed by atoms with Crippen LogP contribution < -0.4 is 9.47 Å². The van der Waals surface area contributed by atoms with Gasteiger partial charge in [-0.15, -0.1) is 0 Å². The number of phenolic OH excluding ortho intramolecular Hbond substituents is 1. The SMILES string of the molecule is COc1ccc(C2CCC(CCc3ccc(OC)c(O)c3)CC2OC)c(CCc2ccc(F)c(S(=O)c3ccc(C)cc3)c2)c1. The minimum atomic E-state index is -1.59. The van der Waals surface area contributed by atoms with Crippen LogP contribution in [-0.4, -0.2) is 36.7 Å². The van der Waals surface area contributed by atoms with Gasteiger partial charge in [0.15, 0.2) is 11.5 Å². The molecule has 1 aliphatic rings. The van der Waals surface area contributed by atoms with Crippen LogP contribution in [0, 0.1) is 18.7 Å². The Labute approximate surface area is 268 Å². The lowest BCUT2D eigenvalue weighted by Crippen LogP contribution is -2.30. The molecule has 45 heavy (non-hydrogen) atoms. The van der Waals surface area contributed by atoms with Crippen LogP contribution >= 0.6 is 0 Å². The van der Waals surface area contributed by atoms with Crippen molar-refractivity contribution in [3.05, 3.63) is 112 Å². The lowest BCUT2D eigenvalue weighted by atomic mass is 9.73. The van der Waals surface area contributed by atoms with E-state index in [0.29, 0.717) is 23.0 Å². The second-order valence-electron chi connectivity index (χ2n) is 12.0. The second kappa shape index (κ2) is 15.1. The number of halogens is 1. The average Bonchev–Trinajstić information content (AvgIpc) is 3.06. The summed E-state index contributed by atoms with van der Waals surface area (Å²) >= 11 is 0. The Kier molecular flexibility index (Phi) is 11.0. The van der Waals surface area contributed by atoms with Gasteiger partial charge in [0.2, 0.25) is 0 Å². The number of hydrogen-bond acceptors (Lipinski definition) is 5. The normalized spacial score (nSPS) is 18.8. The van der Waals surface area contributed by atoms with Crippen molar-refractivity contribution < 1.29 is 27.9 Å². The molecule has 0 aromatic heterocycles. The summed E-state index contributed by atoms with van der Waals surface area (Å²) in [6, 6.07) is 24.3. The predicted octanol–water partition coefficient (Wildman–Crippen LogP) is 8.34. The van der Waals surface area contributed by atoms with E-state index in [-0.39, 0.29) is 22.7 Å². The van der Waals surface area contributed by atoms with Crippen molar-refractivity contribution in [1.82, 2.24) is 0 Å². The molecule has 4 unspecified atom stereocenters. The van der Waals surface area contributed by atoms with Gasteiger partial charge in [0.1, 0.15) is 11.6 Å². The van der Waals surface area contributed by atoms with Crippen LogP contribution in [0.25, 0.3) is 0 Å². The highest BCUT2D eigenvalue weighted by molar-refractivity contribution is 7.85. The summed E-state index contributed by atoms with van der Waals surface area (Å²) in [5.74, 6) is 1.81. The molecule has 1 saturated carbocycles. The molecule has 1 N–H and O–H groups in total. The summed E-state index contributed by atoms with van der Waals surface area (Å²) in [6.07, 6.45) is 6.54. The van der Waals surface area contributed by atoms with Gasteiger partial charge < -0.3 is 19.3 Å². The number of benzene rings is 4. The molecule has 0 radical (unpaired) electrons. The van der Waals surface area contributed by atoms with E-state index in [9.17, 15) is 13.7 Å². The van der Waals surface area contributed by atoms with Crippen molar-refractivity contribution in [1.29, 1.82) is 0 Å². The molecule has 7 heteroatoms. The van der Waals surface area contributed by atoms with Crippen LogP contribution in [0.2, 0.25) is 0 Å². The molecule has 1 fully saturated rings. The van der Waals surface area contributed by atoms with Crippen molar-refractivity contribution in [3.63, 3.8) is 0 Å². The first-order valence-electron chi connectivity index (χ1n) is 15.6. The van der Waals surface area contributed by atoms with E-state index in [1.54, 1.807) is 51.7 Å². The zero-order valence-electron chi connectivity index (χ0n) is 26.6. The monoisotopic (exact) mass is 630 g/mol. The predicted molar refractivity (Wildman–Crippen MR) is 177 cm³/mol. The molecule has 4 atom stereocenters. The largest absolute Gasteiger partial charge is 0.504 e. The van der Waals surface area contributed by atoms with Gasteiger partial charge in [-0.3, -0.25) is 0 Å². The first kappa shape index (κ1) is 32.7. The van der Waals surface area contributed by atoms with Crippen LogP contribution in [0.4, 0.5) is 4.39 Å². The van der Waals surface area contributed by atoms with Gasteiger partial charge in [-0.25, -0.2) is 8.60 Å². The zero-order valence-corrected chi connectivity index (χ0v) is 27.4. The topological polar surface area (TPSA) is 65.0 Å². The smallest absolute Gasteiger partial charge is 0.160 e. The minimum Gasteiger partial charge on any atom is -0.504 e. The van der Waals surface area contributed by atoms with Crippen LogP contribution in [0.1, 0.15) is 59.4 Å². The first-order chi connectivity index (χ1) is 21.8. The Morgan fingerprint density at radius 3 is 2.31 bits per heavy atom. The number of methoxy groups -OCH3 is 3. The highest BCUT2D eigenvalue weighted by Gasteiger charge is 2.33. The van der Waals surface area contributed by atoms with Crippen LogP contribution in [0.3, 0.4) is 0 Å². The molecule has 0 aliphatic heterocycles. The van der Waals surface area contributed by atoms with Gasteiger partial charge in [0.25, 0.3) is 0 Å². The van der Waals surface area contributed by atoms with E-state index in [2.05, 4.69) is 12.1 Å². The third-order valence-corrected chi connectivity index (χ3v) is 10.6. The fourth-order valence-corrected chi connectivity index (χ4v) is 7.69. The average molecular weight is 631 g/mol. The molecule has 0 spiro atoms. The fourth-order valence-electron chi connectivity index (χ4n) is 6.55. The lowest BCUT2D eigenvalue weighted by Gasteiger charge is -2.36. The molecule has 0 bridgehead atoms. The molecule has 0 saturated heterocycles. The molecule has 238 valence electrons. The summed E-state index contributed by atoms with van der Waals surface area (Å²) < 4.78 is 44.9. The number of rotatable bonds is 12. The Morgan fingerprint density at radius 2 is 1.60 bits per heavy atom. The Morgan fingerprint density at radius 1 is 0.844 bits per heavy atom. The van der Waals surface area contributed by atoms with E-state index < -0.39 is 16.6 Å². The van der Waals surface area contributed by atoms with Gasteiger partial charge in [0.05, 0.1) is 36.0 Å². The van der Waals surface area contributed by atoms with Gasteiger partial charge in [-0.2, -0.15) is 0 Å². The van der Waals surface area contributed by atoms with Crippen molar-refractivity contribution in [2.24, 2.45) is 5.92 Å². The van der Waals surface area contributed by atoms with E-state index in [4.69, 9.17) is 14.2 Å². The highest BCUT2D eigenvalue weighted by Crippen LogP contribution is 2.41. The van der Waals surface area contributed by atoms with Crippen molar-refractivity contribution in [3.8, 4) is 17.2 Å². The van der Waals surface area contributed by atoms with Crippen LogP contribution in [-0.2, 0) is 34.8 Å². The minimum absolute atomic E-state index is 0.0921. The number of aromatic hydroxyl groups is 1. The summed E-state index contributed by atoms with van der Waals surface area (Å²) in [5.41, 5.74) is 5.58. The van der Waals surface area contributed by atoms with Crippen molar-refractivity contribution in [2.45, 2.75) is 73.7 Å². The quantitative estimate of drug-likeness (QED) is 0.171. The molecule has 0 heterocycles. The van der Waals surface area contributed by atoms with Crippen molar-refractivity contribution in [2.75, 3.05) is 21.3 Å². The molecule has 4 aromatic rings. The number of phenols is 1. The first-order valence-corrected chi connectivity index (χ1v) is 16.8. The van der Waals surface area contributed by atoms with Gasteiger partial charge in [-0.1, -0.05) is 35.9 Å². The van der Waals surface area contributed by atoms with E-state index >= 15 is 0 Å². The molecule has 5 rings (SSSR count). The summed E-state index contributed by atoms with van der Waals surface area (Å²) in [6.45, 7) is 1.97. The van der Waals surface area contributed by atoms with E-state index in [1.807, 2.05) is 37.3 Å². The van der Waals surface area contributed by atoms with Gasteiger partial charge in [-0.05, 0) is 129 Å². The molecule has 5 nitrogen and oxygen atoms in total. The molecular weight excluding hydrogens is 587 g/mol. The zero-order chi connectivity index (χ0) is 31.9. The fraction of sp³-hybridized carbons (Fsp3) is 0.368. The molecular formula is C38H43FO5S. The standard InChI is InChI=1S/C38H43FO5S/c1-25-5-15-31(16-6-25)45(41)38-23-28(11-19-34(38)39)9-13-29-24-30(42-2)14-18-32(29)33-17-10-27(22-37(33)44-4)8-7-26-12-20-36(43-3)35(40)21-26/h5-6,11-12,14-16,18-21,23-24,27,33,37,40H,7-10,13,17,22H2,1-4H3. The Bertz CT molecular complexity index is 1620. The third kappa shape index (κ3) is 7.95. The lowest BCUT2D eigenvalue weighted by molar-refractivity contribution is 0.0307. The van der Waals surface area contributed by atoms with Gasteiger partial charge in [0, 0.05) is 17.9 Å². The number of hydrogen-bond donors (Lipinski definition) is 1. The molecule has 0 amide bonds. The summed E-state index contributed by atoms with van der Waals surface area (Å²) in [7, 11) is 3.45. The number of aryl methyl sites for hydroxylation is 4. The van der Waals surface area contributed by atoms with E-state index in [1.165, 1.54) is 17.2 Å². The van der Waals surface area contributed by atoms with Crippen LogP contribution in [0.5, 0.6) is 17.2 Å². The van der Waals surface area contributed by atoms with Crippen LogP contribution in [0.15, 0.2) is 88.7 Å². The van der Waals surface area contributed by atoms with Gasteiger partial charge >= 0.3 is 0 Å². The van der Waals surface area contributed by atoms with E-state index in [0.717, 1.165) is 61.0 Å². The number of ether oxygens (including phenoxy) is 3.